The van der Waals surface area contributed by atoms with Crippen LogP contribution in [0.4, 0.5) is 0 Å². The first kappa shape index (κ1) is 208. The second-order valence-electron chi connectivity index (χ2n) is 0. The molecule has 0 aliphatic rings. The van der Waals surface area contributed by atoms with Gasteiger partial charge in [0.15, 0.2) is 0 Å². The Kier molecular flexibility index (Phi) is 4360. The van der Waals surface area contributed by atoms with E-state index >= 15 is 0 Å². The summed E-state index contributed by atoms with van der Waals surface area (Å²) in [5.41, 5.74) is 0. The van der Waals surface area contributed by atoms with Gasteiger partial charge in [-0.25, -0.2) is 0 Å². The molecule has 0 aromatic heterocycles. The standard InChI is InChI=1S/Cr.4FH.Zr/h;4*1H;/q;;;;;+4/p-4. The minimum atomic E-state index is 0. The predicted molar refractivity (Wildman–Crippen MR) is 0 cm³/mol. The SMILES string of the molecule is [Cr].[F-].[F-].[F-].[F-].[Zr+4]. The van der Waals surface area contributed by atoms with E-state index in [4.69, 9.17) is 0 Å². The van der Waals surface area contributed by atoms with Crippen LogP contribution in [0.2, 0.25) is 0 Å². The second kappa shape index (κ2) is 125. The molecule has 0 aliphatic carbocycles. The van der Waals surface area contributed by atoms with Crippen LogP contribution in [0.3, 0.4) is 0 Å². The fourth-order valence-corrected chi connectivity index (χ4v) is 0. The van der Waals surface area contributed by atoms with Gasteiger partial charge >= 0.3 is 26.2 Å². The number of rotatable bonds is 0. The molecule has 0 unspecified atom stereocenters. The van der Waals surface area contributed by atoms with Crippen LogP contribution in [0, 0.1) is 0 Å². The molecule has 0 N–H and O–H groups in total. The first-order chi connectivity index (χ1) is 0. The number of hydrogen-bond acceptors (Lipinski definition) is 0. The van der Waals surface area contributed by atoms with Crippen LogP contribution in [0.1, 0.15) is 0 Å². The molecule has 0 aliphatic heterocycles. The van der Waals surface area contributed by atoms with Gasteiger partial charge in [0.25, 0.3) is 0 Å². The molecule has 6 heteroatoms. The van der Waals surface area contributed by atoms with E-state index in [1.165, 1.54) is 0 Å². The monoisotopic (exact) mass is 218 g/mol. The average molecular weight is 219 g/mol. The van der Waals surface area contributed by atoms with Gasteiger partial charge in [0, 0.05) is 17.4 Å². The molecule has 0 rings (SSSR count). The normalized spacial score (nSPS) is 0. The molecule has 0 heterocycles. The molecule has 6 heavy (non-hydrogen) atoms. The summed E-state index contributed by atoms with van der Waals surface area (Å²) in [6, 6.07) is 0. The van der Waals surface area contributed by atoms with Crippen molar-refractivity contribution in [2.45, 2.75) is 0 Å². The van der Waals surface area contributed by atoms with Crippen molar-refractivity contribution in [3.63, 3.8) is 0 Å². The van der Waals surface area contributed by atoms with Crippen molar-refractivity contribution in [2.24, 2.45) is 0 Å². The molecule has 0 amide bonds. The van der Waals surface area contributed by atoms with Crippen molar-refractivity contribution in [1.82, 2.24) is 0 Å². The number of hydrogen-bond donors (Lipinski definition) is 0. The van der Waals surface area contributed by atoms with Gasteiger partial charge in [-0.1, -0.05) is 0 Å². The van der Waals surface area contributed by atoms with E-state index in [1.54, 1.807) is 0 Å². The molecular formula is CrF4Zr. The van der Waals surface area contributed by atoms with E-state index in [0.717, 1.165) is 0 Å². The minimum Gasteiger partial charge on any atom is -1.00 e. The zero-order valence-electron chi connectivity index (χ0n) is 2.42. The van der Waals surface area contributed by atoms with Crippen molar-refractivity contribution in [2.75, 3.05) is 0 Å². The molecule has 0 aromatic rings. The first-order valence-electron chi connectivity index (χ1n) is 0. The largest absolute Gasteiger partial charge is 4.00 e. The summed E-state index contributed by atoms with van der Waals surface area (Å²) in [7, 11) is 0. The van der Waals surface area contributed by atoms with Crippen LogP contribution >= 0.6 is 0 Å². The third kappa shape index (κ3) is 68.1. The van der Waals surface area contributed by atoms with Gasteiger partial charge < -0.3 is 18.8 Å². The molecule has 0 saturated heterocycles. The van der Waals surface area contributed by atoms with E-state index in [9.17, 15) is 0 Å². The molecule has 0 atom stereocenters. The maximum absolute atomic E-state index is 0. The molecular weight excluding hydrogens is 219 g/mol. The Morgan fingerprint density at radius 1 is 0.500 bits per heavy atom. The van der Waals surface area contributed by atoms with E-state index in [0.29, 0.717) is 0 Å². The third-order valence-corrected chi connectivity index (χ3v) is 0. The molecule has 0 radical (unpaired) electrons. The van der Waals surface area contributed by atoms with Crippen LogP contribution < -0.4 is 18.8 Å². The molecule has 38 valence electrons. The Hall–Kier alpha value is 1.14. The van der Waals surface area contributed by atoms with Crippen molar-refractivity contribution >= 4 is 0 Å². The maximum Gasteiger partial charge on any atom is 4.00 e. The summed E-state index contributed by atoms with van der Waals surface area (Å²) in [6.45, 7) is 0. The molecule has 0 spiro atoms. The topological polar surface area (TPSA) is 0 Å². The number of halogens is 4. The van der Waals surface area contributed by atoms with Crippen LogP contribution in [-0.2, 0) is 43.6 Å². The Morgan fingerprint density at radius 2 is 0.500 bits per heavy atom. The van der Waals surface area contributed by atoms with Gasteiger partial charge in [-0.15, -0.1) is 0 Å². The van der Waals surface area contributed by atoms with Gasteiger partial charge in [0.1, 0.15) is 0 Å². The third-order valence-electron chi connectivity index (χ3n) is 0. The van der Waals surface area contributed by atoms with Crippen LogP contribution in [0.5, 0.6) is 0 Å². The van der Waals surface area contributed by atoms with Crippen molar-refractivity contribution in [3.05, 3.63) is 0 Å². The zero-order valence-corrected chi connectivity index (χ0v) is 6.15. The Morgan fingerprint density at radius 3 is 0.500 bits per heavy atom. The van der Waals surface area contributed by atoms with Crippen LogP contribution in [0.15, 0.2) is 0 Å². The summed E-state index contributed by atoms with van der Waals surface area (Å²) in [5.74, 6) is 0. The minimum absolute atomic E-state index is 0. The van der Waals surface area contributed by atoms with Gasteiger partial charge in [-0.3, -0.25) is 0 Å². The van der Waals surface area contributed by atoms with Crippen LogP contribution in [0.25, 0.3) is 0 Å². The van der Waals surface area contributed by atoms with Gasteiger partial charge in [0.2, 0.25) is 0 Å². The van der Waals surface area contributed by atoms with Gasteiger partial charge in [-0.05, 0) is 0 Å². The Balaban J connectivity index is 0. The summed E-state index contributed by atoms with van der Waals surface area (Å²) in [4.78, 5) is 0. The summed E-state index contributed by atoms with van der Waals surface area (Å²) in [5, 5.41) is 0. The van der Waals surface area contributed by atoms with Crippen molar-refractivity contribution < 1.29 is 62.4 Å². The molecule has 0 fully saturated rings. The molecule has 0 bridgehead atoms. The quantitative estimate of drug-likeness (QED) is 0.355. The maximum atomic E-state index is 0. The molecule has 0 nitrogen and oxygen atoms in total. The first-order valence-corrected chi connectivity index (χ1v) is 0. The smallest absolute Gasteiger partial charge is 1.00 e. The van der Waals surface area contributed by atoms with E-state index in [-0.39, 0.29) is 62.4 Å². The molecule has 0 aromatic carbocycles. The van der Waals surface area contributed by atoms with Crippen molar-refractivity contribution in [3.8, 4) is 0 Å². The van der Waals surface area contributed by atoms with Gasteiger partial charge in [0.05, 0.1) is 0 Å². The van der Waals surface area contributed by atoms with E-state index < -0.39 is 0 Å². The summed E-state index contributed by atoms with van der Waals surface area (Å²) in [6.07, 6.45) is 0. The predicted octanol–water partition coefficient (Wildman–Crippen LogP) is -12.0. The van der Waals surface area contributed by atoms with Crippen LogP contribution in [-0.4, -0.2) is 0 Å². The summed E-state index contributed by atoms with van der Waals surface area (Å²) < 4.78 is 0. The fraction of sp³-hybridized carbons (Fsp3) is 0. The van der Waals surface area contributed by atoms with E-state index in [2.05, 4.69) is 0 Å². The average Bonchev–Trinajstić information content (AvgIpc) is 0. The zero-order chi connectivity index (χ0) is 0. The Labute approximate surface area is 62.4 Å². The second-order valence-corrected chi connectivity index (χ2v) is 0. The van der Waals surface area contributed by atoms with Crippen molar-refractivity contribution in [1.29, 1.82) is 0 Å². The van der Waals surface area contributed by atoms with E-state index in [1.807, 2.05) is 0 Å². The fourth-order valence-electron chi connectivity index (χ4n) is 0. The molecule has 0 saturated carbocycles. The Bertz CT molecular complexity index is 7.51. The van der Waals surface area contributed by atoms with Gasteiger partial charge in [-0.2, -0.15) is 0 Å². The summed E-state index contributed by atoms with van der Waals surface area (Å²) >= 11 is 0.